The molecule has 2 aliphatic rings. The number of aromatic carboxylic acids is 1. The number of rotatable bonds is 2. The minimum atomic E-state index is -1.22. The number of carbonyl (C=O) groups is 3. The molecule has 112 valence electrons. The molecule has 2 fully saturated rings. The Kier molecular flexibility index (Phi) is 3.40. The Bertz CT molecular complexity index is 594. The van der Waals surface area contributed by atoms with E-state index < -0.39 is 11.9 Å². The molecule has 21 heavy (non-hydrogen) atoms. The number of amides is 2. The van der Waals surface area contributed by atoms with Gasteiger partial charge in [-0.05, 0) is 25.0 Å². The molecule has 2 N–H and O–H groups in total. The number of hydrogen-bond donors (Lipinski definition) is 2. The van der Waals surface area contributed by atoms with Crippen molar-refractivity contribution in [3.05, 3.63) is 23.7 Å². The molecule has 0 bridgehead atoms. The van der Waals surface area contributed by atoms with Crippen molar-refractivity contribution in [2.75, 3.05) is 6.54 Å². The van der Waals surface area contributed by atoms with Gasteiger partial charge in [-0.2, -0.15) is 0 Å². The first-order valence-corrected chi connectivity index (χ1v) is 7.00. The van der Waals surface area contributed by atoms with E-state index in [1.54, 1.807) is 0 Å². The van der Waals surface area contributed by atoms with Gasteiger partial charge < -0.3 is 19.7 Å². The van der Waals surface area contributed by atoms with Gasteiger partial charge in [0.25, 0.3) is 5.91 Å². The topological polar surface area (TPSA) is 99.9 Å². The third-order valence-corrected chi connectivity index (χ3v) is 4.08. The highest BCUT2D eigenvalue weighted by Gasteiger charge is 2.39. The summed E-state index contributed by atoms with van der Waals surface area (Å²) in [6.07, 6.45) is 3.74. The van der Waals surface area contributed by atoms with Gasteiger partial charge in [0, 0.05) is 6.04 Å². The van der Waals surface area contributed by atoms with E-state index in [1.165, 1.54) is 17.0 Å². The third kappa shape index (κ3) is 2.51. The molecule has 7 heteroatoms. The Morgan fingerprint density at radius 2 is 1.95 bits per heavy atom. The minimum absolute atomic E-state index is 0.0108. The van der Waals surface area contributed by atoms with Crippen LogP contribution in [-0.2, 0) is 4.79 Å². The molecule has 2 amide bonds. The zero-order valence-electron chi connectivity index (χ0n) is 11.4. The highest BCUT2D eigenvalue weighted by molar-refractivity contribution is 5.96. The monoisotopic (exact) mass is 292 g/mol. The molecule has 0 radical (unpaired) electrons. The van der Waals surface area contributed by atoms with Crippen LogP contribution >= 0.6 is 0 Å². The molecule has 3 rings (SSSR count). The summed E-state index contributed by atoms with van der Waals surface area (Å²) in [6.45, 7) is -0.0108. The predicted octanol–water partition coefficient (Wildman–Crippen LogP) is 0.861. The molecule has 2 heterocycles. The summed E-state index contributed by atoms with van der Waals surface area (Å²) in [5, 5.41) is 11.8. The zero-order chi connectivity index (χ0) is 15.0. The molecule has 1 aliphatic carbocycles. The van der Waals surface area contributed by atoms with Gasteiger partial charge in [0.2, 0.25) is 11.7 Å². The molecule has 0 spiro atoms. The van der Waals surface area contributed by atoms with Gasteiger partial charge in [0.15, 0.2) is 5.76 Å². The van der Waals surface area contributed by atoms with Gasteiger partial charge in [-0.15, -0.1) is 0 Å². The van der Waals surface area contributed by atoms with Gasteiger partial charge in [0.05, 0.1) is 6.04 Å². The van der Waals surface area contributed by atoms with Crippen LogP contribution in [0.15, 0.2) is 16.5 Å². The van der Waals surface area contributed by atoms with E-state index in [-0.39, 0.29) is 36.1 Å². The second-order valence-electron chi connectivity index (χ2n) is 5.43. The first kappa shape index (κ1) is 13.7. The van der Waals surface area contributed by atoms with Crippen molar-refractivity contribution < 1.29 is 23.9 Å². The molecular weight excluding hydrogens is 276 g/mol. The minimum Gasteiger partial charge on any atom is -0.475 e. The van der Waals surface area contributed by atoms with E-state index in [2.05, 4.69) is 5.32 Å². The summed E-state index contributed by atoms with van der Waals surface area (Å²) in [5.74, 6) is -2.14. The van der Waals surface area contributed by atoms with Crippen LogP contribution in [-0.4, -0.2) is 46.4 Å². The van der Waals surface area contributed by atoms with Crippen molar-refractivity contribution in [3.8, 4) is 0 Å². The van der Waals surface area contributed by atoms with E-state index in [0.717, 1.165) is 25.7 Å². The van der Waals surface area contributed by atoms with E-state index in [0.29, 0.717) is 0 Å². The number of carbonyl (C=O) groups excluding carboxylic acids is 2. The highest BCUT2D eigenvalue weighted by atomic mass is 16.4. The number of hydrogen-bond acceptors (Lipinski definition) is 4. The van der Waals surface area contributed by atoms with Crippen molar-refractivity contribution in [3.63, 3.8) is 0 Å². The quantitative estimate of drug-likeness (QED) is 0.842. The first-order chi connectivity index (χ1) is 10.1. The molecule has 1 aromatic heterocycles. The first-order valence-electron chi connectivity index (χ1n) is 7.00. The maximum atomic E-state index is 12.5. The Labute approximate surface area is 120 Å². The molecule has 1 saturated carbocycles. The van der Waals surface area contributed by atoms with Crippen molar-refractivity contribution in [1.82, 2.24) is 10.2 Å². The average Bonchev–Trinajstić information content (AvgIpc) is 2.95. The van der Waals surface area contributed by atoms with E-state index in [1.807, 2.05) is 0 Å². The number of carboxylic acid groups (broad SMARTS) is 1. The smallest absolute Gasteiger partial charge is 0.371 e. The van der Waals surface area contributed by atoms with Crippen LogP contribution in [0.3, 0.4) is 0 Å². The second-order valence-corrected chi connectivity index (χ2v) is 5.43. The number of carboxylic acids is 1. The van der Waals surface area contributed by atoms with Gasteiger partial charge in [-0.25, -0.2) is 4.79 Å². The molecule has 2 unspecified atom stereocenters. The van der Waals surface area contributed by atoms with Crippen molar-refractivity contribution >= 4 is 17.8 Å². The third-order valence-electron chi connectivity index (χ3n) is 4.08. The predicted molar refractivity (Wildman–Crippen MR) is 70.9 cm³/mol. The summed E-state index contributed by atoms with van der Waals surface area (Å²) < 4.78 is 5.05. The fraction of sp³-hybridized carbons (Fsp3) is 0.500. The van der Waals surface area contributed by atoms with E-state index in [4.69, 9.17) is 9.52 Å². The molecule has 2 atom stereocenters. The molecule has 1 aliphatic heterocycles. The van der Waals surface area contributed by atoms with Gasteiger partial charge in [0.1, 0.15) is 6.54 Å². The van der Waals surface area contributed by atoms with Crippen molar-refractivity contribution in [2.45, 2.75) is 37.8 Å². The zero-order valence-corrected chi connectivity index (χ0v) is 11.4. The number of nitrogens with zero attached hydrogens (tertiary/aromatic N) is 1. The average molecular weight is 292 g/mol. The van der Waals surface area contributed by atoms with Gasteiger partial charge >= 0.3 is 5.97 Å². The largest absolute Gasteiger partial charge is 0.475 e. The van der Waals surface area contributed by atoms with Crippen LogP contribution < -0.4 is 5.32 Å². The lowest BCUT2D eigenvalue weighted by Crippen LogP contribution is -2.62. The number of nitrogens with one attached hydrogen (secondary N) is 1. The number of piperazine rings is 1. The highest BCUT2D eigenvalue weighted by Crippen LogP contribution is 2.27. The Hall–Kier alpha value is -2.31. The molecule has 0 aromatic carbocycles. The fourth-order valence-corrected chi connectivity index (χ4v) is 3.11. The lowest BCUT2D eigenvalue weighted by Gasteiger charge is -2.43. The van der Waals surface area contributed by atoms with Crippen LogP contribution in [0.1, 0.15) is 46.8 Å². The van der Waals surface area contributed by atoms with E-state index in [9.17, 15) is 14.4 Å². The summed E-state index contributed by atoms with van der Waals surface area (Å²) in [4.78, 5) is 36.6. The van der Waals surface area contributed by atoms with Crippen molar-refractivity contribution in [2.24, 2.45) is 0 Å². The fourth-order valence-electron chi connectivity index (χ4n) is 3.11. The van der Waals surface area contributed by atoms with Crippen LogP contribution in [0.4, 0.5) is 0 Å². The Morgan fingerprint density at radius 1 is 1.24 bits per heavy atom. The standard InChI is InChI=1S/C14H16N2O5/c17-12-7-16(9-4-2-1-3-8(9)15-12)13(18)10-5-6-11(21-10)14(19)20/h5-6,8-9H,1-4,7H2,(H,15,17)(H,19,20). The Balaban J connectivity index is 1.84. The summed E-state index contributed by atoms with van der Waals surface area (Å²) in [5.41, 5.74) is 0. The van der Waals surface area contributed by atoms with E-state index >= 15 is 0 Å². The summed E-state index contributed by atoms with van der Waals surface area (Å²) in [7, 11) is 0. The summed E-state index contributed by atoms with van der Waals surface area (Å²) in [6, 6.07) is 2.54. The molecule has 1 saturated heterocycles. The lowest BCUT2D eigenvalue weighted by molar-refractivity contribution is -0.127. The Morgan fingerprint density at radius 3 is 2.67 bits per heavy atom. The summed E-state index contributed by atoms with van der Waals surface area (Å²) >= 11 is 0. The molecule has 7 nitrogen and oxygen atoms in total. The second kappa shape index (κ2) is 5.23. The van der Waals surface area contributed by atoms with Crippen LogP contribution in [0, 0.1) is 0 Å². The molecule has 1 aromatic rings. The normalized spacial score (nSPS) is 25.1. The maximum Gasteiger partial charge on any atom is 0.371 e. The van der Waals surface area contributed by atoms with Crippen LogP contribution in [0.5, 0.6) is 0 Å². The van der Waals surface area contributed by atoms with Crippen LogP contribution in [0.25, 0.3) is 0 Å². The van der Waals surface area contributed by atoms with Gasteiger partial charge in [-0.3, -0.25) is 9.59 Å². The van der Waals surface area contributed by atoms with Crippen LogP contribution in [0.2, 0.25) is 0 Å². The number of furan rings is 1. The number of fused-ring (bicyclic) bond motifs is 1. The van der Waals surface area contributed by atoms with Gasteiger partial charge in [-0.1, -0.05) is 12.8 Å². The lowest BCUT2D eigenvalue weighted by atomic mass is 9.87. The maximum absolute atomic E-state index is 12.5. The SMILES string of the molecule is O=C1CN(C(=O)c2ccc(C(=O)O)o2)C2CCCCC2N1. The molecular formula is C14H16N2O5. The van der Waals surface area contributed by atoms with Crippen molar-refractivity contribution in [1.29, 1.82) is 0 Å².